The summed E-state index contributed by atoms with van der Waals surface area (Å²) in [6, 6.07) is 6.55. The molecule has 2 aromatic rings. The largest absolute Gasteiger partial charge is 0.493 e. The molecule has 3 heterocycles. The summed E-state index contributed by atoms with van der Waals surface area (Å²) in [6.07, 6.45) is 7.49. The number of anilines is 1. The number of hydrogen-bond donors (Lipinski definition) is 1. The third-order valence-corrected chi connectivity index (χ3v) is 7.57. The molecule has 1 saturated carbocycles. The van der Waals surface area contributed by atoms with Crippen molar-refractivity contribution in [3.05, 3.63) is 29.8 Å². The maximum absolute atomic E-state index is 12.9. The summed E-state index contributed by atoms with van der Waals surface area (Å²) in [4.78, 5) is 24.4. The summed E-state index contributed by atoms with van der Waals surface area (Å²) in [5, 5.41) is 6.87. The van der Waals surface area contributed by atoms with E-state index >= 15 is 0 Å². The zero-order chi connectivity index (χ0) is 24.2. The summed E-state index contributed by atoms with van der Waals surface area (Å²) in [5.74, 6) is 2.56. The highest BCUT2D eigenvalue weighted by molar-refractivity contribution is 5.94. The third kappa shape index (κ3) is 5.78. The van der Waals surface area contributed by atoms with E-state index in [4.69, 9.17) is 9.47 Å². The summed E-state index contributed by atoms with van der Waals surface area (Å²) in [5.41, 5.74) is 1.15. The van der Waals surface area contributed by atoms with Crippen LogP contribution in [0.2, 0.25) is 0 Å². The number of benzene rings is 1. The van der Waals surface area contributed by atoms with Gasteiger partial charge >= 0.3 is 0 Å². The molecule has 2 aliphatic heterocycles. The van der Waals surface area contributed by atoms with Gasteiger partial charge in [0.15, 0.2) is 11.5 Å². The Labute approximate surface area is 207 Å². The summed E-state index contributed by atoms with van der Waals surface area (Å²) < 4.78 is 12.0. The number of aromatic nitrogens is 3. The van der Waals surface area contributed by atoms with Gasteiger partial charge in [-0.2, -0.15) is 5.10 Å². The lowest BCUT2D eigenvalue weighted by Crippen LogP contribution is -2.58. The number of rotatable bonds is 9. The minimum Gasteiger partial charge on any atom is -0.493 e. The number of aryl methyl sites for hydroxylation is 1. The van der Waals surface area contributed by atoms with Gasteiger partial charge in [-0.1, -0.05) is 0 Å². The molecule has 9 nitrogen and oxygen atoms in total. The van der Waals surface area contributed by atoms with Gasteiger partial charge in [0.25, 0.3) is 0 Å². The standard InChI is InChI=1S/C26H38N6O3/c1-19-27-26(29-28-19)23(33)18-32-14-13-31(17-21(32)16-30-11-5-6-12-30)20-9-10-24(34-2)25(15-20)35-22-7-3-4-8-22/h9-10,15,21-22H,3-8,11-14,16-18H2,1-2H3,(H,27,28,29)/t21-/m0/s1. The lowest BCUT2D eigenvalue weighted by atomic mass is 10.1. The molecule has 0 amide bonds. The average Bonchev–Trinajstić information content (AvgIpc) is 3.64. The van der Waals surface area contributed by atoms with Crippen molar-refractivity contribution in [2.75, 3.05) is 57.8 Å². The highest BCUT2D eigenvalue weighted by Crippen LogP contribution is 2.35. The maximum atomic E-state index is 12.9. The van der Waals surface area contributed by atoms with Gasteiger partial charge in [-0.25, -0.2) is 4.98 Å². The molecule has 35 heavy (non-hydrogen) atoms. The Morgan fingerprint density at radius 3 is 2.60 bits per heavy atom. The molecular formula is C26H38N6O3. The highest BCUT2D eigenvalue weighted by Gasteiger charge is 2.32. The first kappa shape index (κ1) is 24.1. The molecule has 9 heteroatoms. The zero-order valence-electron chi connectivity index (χ0n) is 21.0. The van der Waals surface area contributed by atoms with Crippen molar-refractivity contribution < 1.29 is 14.3 Å². The van der Waals surface area contributed by atoms with Crippen LogP contribution in [0.3, 0.4) is 0 Å². The molecule has 0 unspecified atom stereocenters. The molecule has 2 saturated heterocycles. The van der Waals surface area contributed by atoms with E-state index in [1.54, 1.807) is 7.11 Å². The van der Waals surface area contributed by atoms with Crippen molar-refractivity contribution in [1.29, 1.82) is 0 Å². The van der Waals surface area contributed by atoms with Crippen molar-refractivity contribution in [3.8, 4) is 11.5 Å². The molecular weight excluding hydrogens is 444 g/mol. The van der Waals surface area contributed by atoms with Crippen molar-refractivity contribution in [2.45, 2.75) is 57.6 Å². The highest BCUT2D eigenvalue weighted by atomic mass is 16.5. The number of nitrogens with one attached hydrogen (secondary N) is 1. The van der Waals surface area contributed by atoms with Crippen LogP contribution in [-0.2, 0) is 0 Å². The third-order valence-electron chi connectivity index (χ3n) is 7.57. The number of hydrogen-bond acceptors (Lipinski definition) is 8. The monoisotopic (exact) mass is 482 g/mol. The van der Waals surface area contributed by atoms with Crippen LogP contribution in [0.1, 0.15) is 55.0 Å². The molecule has 190 valence electrons. The van der Waals surface area contributed by atoms with Gasteiger partial charge in [-0.05, 0) is 70.7 Å². The van der Waals surface area contributed by atoms with Crippen LogP contribution in [0, 0.1) is 6.92 Å². The number of ether oxygens (including phenoxy) is 2. The Bertz CT molecular complexity index is 999. The number of H-pyrrole nitrogens is 1. The van der Waals surface area contributed by atoms with Crippen LogP contribution in [0.4, 0.5) is 5.69 Å². The molecule has 5 rings (SSSR count). The van der Waals surface area contributed by atoms with E-state index in [0.717, 1.165) is 69.3 Å². The summed E-state index contributed by atoms with van der Waals surface area (Å²) in [6.45, 7) is 7.95. The SMILES string of the molecule is COc1ccc(N2CCN(CC(=O)c3n[nH]c(C)n3)[C@@H](CN3CCCC3)C2)cc1OC1CCCC1. The minimum absolute atomic E-state index is 0.0223. The molecule has 1 aromatic heterocycles. The number of Topliss-reactive ketones (excluding diaryl/α,β-unsaturated/α-hetero) is 1. The summed E-state index contributed by atoms with van der Waals surface area (Å²) in [7, 11) is 1.70. The van der Waals surface area contributed by atoms with Gasteiger partial charge in [0.2, 0.25) is 11.6 Å². The van der Waals surface area contributed by atoms with E-state index in [1.807, 2.05) is 13.0 Å². The molecule has 0 radical (unpaired) electrons. The number of nitrogens with zero attached hydrogens (tertiary/aromatic N) is 5. The van der Waals surface area contributed by atoms with E-state index in [2.05, 4.69) is 42.0 Å². The number of piperazine rings is 1. The average molecular weight is 483 g/mol. The second-order valence-electron chi connectivity index (χ2n) is 10.1. The quantitative estimate of drug-likeness (QED) is 0.546. The summed E-state index contributed by atoms with van der Waals surface area (Å²) >= 11 is 0. The Kier molecular flexibility index (Phi) is 7.53. The van der Waals surface area contributed by atoms with Gasteiger partial charge in [0.1, 0.15) is 5.82 Å². The van der Waals surface area contributed by atoms with Gasteiger partial charge < -0.3 is 19.3 Å². The van der Waals surface area contributed by atoms with Crippen molar-refractivity contribution >= 4 is 11.5 Å². The van der Waals surface area contributed by atoms with Crippen LogP contribution in [0.15, 0.2) is 18.2 Å². The molecule has 1 aliphatic carbocycles. The van der Waals surface area contributed by atoms with Crippen LogP contribution in [0.25, 0.3) is 0 Å². The lowest BCUT2D eigenvalue weighted by Gasteiger charge is -2.43. The van der Waals surface area contributed by atoms with Crippen LogP contribution in [-0.4, -0.2) is 95.8 Å². The number of carbonyl (C=O) groups excluding carboxylic acids is 1. The van der Waals surface area contributed by atoms with Crippen LogP contribution >= 0.6 is 0 Å². The fourth-order valence-electron chi connectivity index (χ4n) is 5.63. The minimum atomic E-state index is -0.0223. The Morgan fingerprint density at radius 2 is 1.89 bits per heavy atom. The van der Waals surface area contributed by atoms with Gasteiger partial charge in [-0.3, -0.25) is 14.8 Å². The number of methoxy groups -OCH3 is 1. The van der Waals surface area contributed by atoms with Crippen molar-refractivity contribution in [2.24, 2.45) is 0 Å². The van der Waals surface area contributed by atoms with E-state index in [-0.39, 0.29) is 23.8 Å². The van der Waals surface area contributed by atoms with Gasteiger partial charge in [0.05, 0.1) is 19.8 Å². The second kappa shape index (κ2) is 11.0. The Hall–Kier alpha value is -2.65. The molecule has 1 aromatic carbocycles. The number of likely N-dealkylation sites (tertiary alicyclic amines) is 1. The van der Waals surface area contributed by atoms with Gasteiger partial charge in [0, 0.05) is 44.0 Å². The molecule has 1 atom stereocenters. The first-order valence-corrected chi connectivity index (χ1v) is 13.1. The predicted molar refractivity (Wildman–Crippen MR) is 135 cm³/mol. The smallest absolute Gasteiger partial charge is 0.218 e. The van der Waals surface area contributed by atoms with Crippen molar-refractivity contribution in [1.82, 2.24) is 25.0 Å². The van der Waals surface area contributed by atoms with Crippen LogP contribution < -0.4 is 14.4 Å². The first-order valence-electron chi connectivity index (χ1n) is 13.1. The molecule has 0 bridgehead atoms. The second-order valence-corrected chi connectivity index (χ2v) is 10.1. The zero-order valence-corrected chi connectivity index (χ0v) is 21.0. The van der Waals surface area contributed by atoms with Gasteiger partial charge in [-0.15, -0.1) is 0 Å². The Morgan fingerprint density at radius 1 is 1.09 bits per heavy atom. The maximum Gasteiger partial charge on any atom is 0.218 e. The van der Waals surface area contributed by atoms with Crippen molar-refractivity contribution in [3.63, 3.8) is 0 Å². The van der Waals surface area contributed by atoms with E-state index in [1.165, 1.54) is 25.7 Å². The van der Waals surface area contributed by atoms with Crippen LogP contribution in [0.5, 0.6) is 11.5 Å². The fraction of sp³-hybridized carbons (Fsp3) is 0.654. The number of carbonyl (C=O) groups is 1. The van der Waals surface area contributed by atoms with E-state index in [0.29, 0.717) is 12.4 Å². The number of ketones is 1. The molecule has 1 N–H and O–H groups in total. The molecule has 3 aliphatic rings. The topological polar surface area (TPSA) is 86.8 Å². The van der Waals surface area contributed by atoms with E-state index in [9.17, 15) is 4.79 Å². The Balaban J connectivity index is 1.31. The predicted octanol–water partition coefficient (Wildman–Crippen LogP) is 2.91. The lowest BCUT2D eigenvalue weighted by molar-refractivity contribution is 0.0828. The van der Waals surface area contributed by atoms with E-state index < -0.39 is 0 Å². The number of aromatic amines is 1. The first-order chi connectivity index (χ1) is 17.1. The molecule has 0 spiro atoms. The molecule has 3 fully saturated rings. The normalized spacial score (nSPS) is 22.1. The fourth-order valence-corrected chi connectivity index (χ4v) is 5.63.